The quantitative estimate of drug-likeness (QED) is 0.838. The van der Waals surface area contributed by atoms with Crippen molar-refractivity contribution < 1.29 is 13.2 Å². The molecule has 0 spiro atoms. The van der Waals surface area contributed by atoms with Gasteiger partial charge in [-0.25, -0.2) is 8.42 Å². The summed E-state index contributed by atoms with van der Waals surface area (Å²) in [6, 6.07) is 12.1. The lowest BCUT2D eigenvalue weighted by atomic mass is 10.2. The van der Waals surface area contributed by atoms with E-state index in [0.29, 0.717) is 5.02 Å². The molecule has 0 unspecified atom stereocenters. The Bertz CT molecular complexity index is 955. The van der Waals surface area contributed by atoms with Gasteiger partial charge in [-0.2, -0.15) is 9.57 Å². The summed E-state index contributed by atoms with van der Waals surface area (Å²) in [7, 11) is -2.74. The summed E-state index contributed by atoms with van der Waals surface area (Å²) in [5, 5.41) is 12.2. The highest BCUT2D eigenvalue weighted by Crippen LogP contribution is 2.25. The zero-order valence-electron chi connectivity index (χ0n) is 13.0. The topological polar surface area (TPSA) is 90.3 Å². The van der Waals surface area contributed by atoms with Gasteiger partial charge in [0.2, 0.25) is 15.9 Å². The van der Waals surface area contributed by atoms with Crippen molar-refractivity contribution in [1.29, 1.82) is 5.26 Å². The lowest BCUT2D eigenvalue weighted by Crippen LogP contribution is -2.35. The van der Waals surface area contributed by atoms with Crippen LogP contribution in [0.25, 0.3) is 0 Å². The van der Waals surface area contributed by atoms with Crippen LogP contribution in [0.5, 0.6) is 0 Å². The maximum absolute atomic E-state index is 12.6. The van der Waals surface area contributed by atoms with E-state index < -0.39 is 22.5 Å². The number of hydrogen-bond donors (Lipinski definition) is 1. The number of nitrogens with one attached hydrogen (secondary N) is 1. The van der Waals surface area contributed by atoms with E-state index >= 15 is 0 Å². The number of anilines is 1. The first-order valence-electron chi connectivity index (χ1n) is 6.96. The number of hydrogen-bond acceptors (Lipinski definition) is 4. The first kappa shape index (κ1) is 19.2. The molecule has 0 aliphatic heterocycles. The number of carbonyl (C=O) groups excluding carboxylic acids is 1. The van der Waals surface area contributed by atoms with Crippen LogP contribution in [0, 0.1) is 11.3 Å². The van der Waals surface area contributed by atoms with Crippen LogP contribution in [0.1, 0.15) is 5.56 Å². The predicted octanol–water partition coefficient (Wildman–Crippen LogP) is 3.12. The van der Waals surface area contributed by atoms with Crippen LogP contribution in [-0.2, 0) is 14.8 Å². The highest BCUT2D eigenvalue weighted by molar-refractivity contribution is 7.89. The zero-order valence-corrected chi connectivity index (χ0v) is 15.4. The molecular formula is C16H13Cl2N3O3S. The summed E-state index contributed by atoms with van der Waals surface area (Å²) in [5.41, 5.74) is 0.287. The van der Waals surface area contributed by atoms with Crippen molar-refractivity contribution in [3.05, 3.63) is 58.1 Å². The predicted molar refractivity (Wildman–Crippen MR) is 96.1 cm³/mol. The van der Waals surface area contributed by atoms with Gasteiger partial charge in [-0.05, 0) is 30.3 Å². The number of halogens is 2. The minimum absolute atomic E-state index is 0.00708. The van der Waals surface area contributed by atoms with Crippen molar-refractivity contribution in [3.63, 3.8) is 0 Å². The fourth-order valence-corrected chi connectivity index (χ4v) is 3.62. The highest BCUT2D eigenvalue weighted by Gasteiger charge is 2.25. The molecular weight excluding hydrogens is 385 g/mol. The molecule has 2 rings (SSSR count). The van der Waals surface area contributed by atoms with Gasteiger partial charge in [-0.15, -0.1) is 0 Å². The molecule has 0 fully saturated rings. The van der Waals surface area contributed by atoms with Gasteiger partial charge in [0.05, 0.1) is 27.7 Å². The normalized spacial score (nSPS) is 11.2. The Hall–Kier alpha value is -2.11. The van der Waals surface area contributed by atoms with E-state index in [0.717, 1.165) is 4.31 Å². The van der Waals surface area contributed by atoms with E-state index in [9.17, 15) is 13.2 Å². The van der Waals surface area contributed by atoms with E-state index in [-0.39, 0.29) is 21.2 Å². The minimum atomic E-state index is -4.00. The maximum atomic E-state index is 12.6. The Morgan fingerprint density at radius 2 is 1.92 bits per heavy atom. The second-order valence-corrected chi connectivity index (χ2v) is 7.90. The summed E-state index contributed by atoms with van der Waals surface area (Å²) in [5.74, 6) is -0.593. The monoisotopic (exact) mass is 397 g/mol. The summed E-state index contributed by atoms with van der Waals surface area (Å²) in [4.78, 5) is 12.0. The van der Waals surface area contributed by atoms with E-state index in [1.807, 2.05) is 6.07 Å². The second kappa shape index (κ2) is 7.85. The van der Waals surface area contributed by atoms with Crippen molar-refractivity contribution in [2.75, 3.05) is 18.9 Å². The molecule has 130 valence electrons. The van der Waals surface area contributed by atoms with E-state index in [1.54, 1.807) is 12.1 Å². The number of nitrogens with zero attached hydrogens (tertiary/aromatic N) is 2. The number of benzene rings is 2. The first-order valence-corrected chi connectivity index (χ1v) is 9.15. The van der Waals surface area contributed by atoms with Crippen molar-refractivity contribution in [1.82, 2.24) is 4.31 Å². The molecule has 0 aromatic heterocycles. The van der Waals surface area contributed by atoms with Gasteiger partial charge in [0, 0.05) is 12.1 Å². The Kier molecular flexibility index (Phi) is 6.03. The largest absolute Gasteiger partial charge is 0.324 e. The number of nitriles is 1. The van der Waals surface area contributed by atoms with Gasteiger partial charge >= 0.3 is 0 Å². The Morgan fingerprint density at radius 3 is 2.60 bits per heavy atom. The molecule has 2 aromatic carbocycles. The van der Waals surface area contributed by atoms with Crippen LogP contribution in [-0.4, -0.2) is 32.2 Å². The molecule has 2 aromatic rings. The van der Waals surface area contributed by atoms with Gasteiger partial charge < -0.3 is 5.32 Å². The third-order valence-corrected chi connectivity index (χ3v) is 5.69. The second-order valence-electron chi connectivity index (χ2n) is 5.04. The lowest BCUT2D eigenvalue weighted by molar-refractivity contribution is -0.116. The molecule has 9 heteroatoms. The van der Waals surface area contributed by atoms with E-state index in [2.05, 4.69) is 5.32 Å². The van der Waals surface area contributed by atoms with Gasteiger partial charge in [-0.3, -0.25) is 4.79 Å². The molecule has 0 bridgehead atoms. The van der Waals surface area contributed by atoms with Crippen LogP contribution >= 0.6 is 23.2 Å². The molecule has 0 aliphatic rings. The molecule has 0 heterocycles. The molecule has 0 atom stereocenters. The summed E-state index contributed by atoms with van der Waals surface area (Å²) >= 11 is 11.8. The fraction of sp³-hybridized carbons (Fsp3) is 0.125. The third-order valence-electron chi connectivity index (χ3n) is 3.26. The number of likely N-dealkylation sites (N-methyl/N-ethyl adjacent to an activating group) is 1. The number of amides is 1. The smallest absolute Gasteiger partial charge is 0.244 e. The fourth-order valence-electron chi connectivity index (χ4n) is 2.02. The van der Waals surface area contributed by atoms with Crippen LogP contribution in [0.15, 0.2) is 47.4 Å². The Labute approximate surface area is 155 Å². The number of rotatable bonds is 5. The molecule has 0 radical (unpaired) electrons. The zero-order chi connectivity index (χ0) is 18.6. The molecule has 6 nitrogen and oxygen atoms in total. The SMILES string of the molecule is CN(CC(=O)Nc1cc(Cl)ccc1Cl)S(=O)(=O)c1ccccc1C#N. The van der Waals surface area contributed by atoms with Crippen molar-refractivity contribution >= 4 is 44.8 Å². The summed E-state index contributed by atoms with van der Waals surface area (Å²) < 4.78 is 26.0. The van der Waals surface area contributed by atoms with Gasteiger partial charge in [0.15, 0.2) is 0 Å². The molecule has 0 saturated carbocycles. The van der Waals surface area contributed by atoms with E-state index in [1.165, 1.54) is 37.4 Å². The molecule has 25 heavy (non-hydrogen) atoms. The molecule has 0 aliphatic carbocycles. The van der Waals surface area contributed by atoms with Crippen molar-refractivity contribution in [2.24, 2.45) is 0 Å². The Balaban J connectivity index is 2.18. The standard InChI is InChI=1S/C16H13Cl2N3O3S/c1-21(25(23,24)15-5-3-2-4-11(15)9-19)10-16(22)20-14-8-12(17)6-7-13(14)18/h2-8H,10H2,1H3,(H,20,22). The van der Waals surface area contributed by atoms with Gasteiger partial charge in [-0.1, -0.05) is 35.3 Å². The first-order chi connectivity index (χ1) is 11.8. The third kappa shape index (κ3) is 4.50. The van der Waals surface area contributed by atoms with Crippen molar-refractivity contribution in [2.45, 2.75) is 4.90 Å². The Morgan fingerprint density at radius 1 is 1.24 bits per heavy atom. The average molecular weight is 398 g/mol. The van der Waals surface area contributed by atoms with Crippen LogP contribution in [0.3, 0.4) is 0 Å². The lowest BCUT2D eigenvalue weighted by Gasteiger charge is -2.18. The highest BCUT2D eigenvalue weighted by atomic mass is 35.5. The molecule has 1 N–H and O–H groups in total. The number of sulfonamides is 1. The van der Waals surface area contributed by atoms with E-state index in [4.69, 9.17) is 28.5 Å². The average Bonchev–Trinajstić information content (AvgIpc) is 2.57. The molecule has 1 amide bonds. The van der Waals surface area contributed by atoms with Gasteiger partial charge in [0.25, 0.3) is 0 Å². The van der Waals surface area contributed by atoms with Crippen LogP contribution in [0.2, 0.25) is 10.0 Å². The maximum Gasteiger partial charge on any atom is 0.244 e. The summed E-state index contributed by atoms with van der Waals surface area (Å²) in [6.07, 6.45) is 0. The minimum Gasteiger partial charge on any atom is -0.324 e. The van der Waals surface area contributed by atoms with Crippen molar-refractivity contribution in [3.8, 4) is 6.07 Å². The van der Waals surface area contributed by atoms with Gasteiger partial charge in [0.1, 0.15) is 6.07 Å². The molecule has 0 saturated heterocycles. The summed E-state index contributed by atoms with van der Waals surface area (Å²) in [6.45, 7) is -0.453. The van der Waals surface area contributed by atoms with Crippen LogP contribution < -0.4 is 5.32 Å². The number of carbonyl (C=O) groups is 1. The van der Waals surface area contributed by atoms with Crippen LogP contribution in [0.4, 0.5) is 5.69 Å².